The monoisotopic (exact) mass is 413 g/mol. The largest absolute Gasteiger partial charge is 0.419 e. The Hall–Kier alpha value is -2.21. The van der Waals surface area contributed by atoms with Gasteiger partial charge in [0.15, 0.2) is 5.78 Å². The SMILES string of the molecule is CCc1nnc(-c2c(C)c(C(=O)c3cccc(Br)c3)c(C)n2C2CC2)o1. The second-order valence-corrected chi connectivity index (χ2v) is 7.64. The van der Waals surface area contributed by atoms with Crippen molar-refractivity contribution in [2.24, 2.45) is 0 Å². The molecule has 0 bridgehead atoms. The second kappa shape index (κ2) is 6.50. The van der Waals surface area contributed by atoms with Gasteiger partial charge in [0, 0.05) is 33.8 Å². The molecule has 0 N–H and O–H groups in total. The second-order valence-electron chi connectivity index (χ2n) is 6.73. The average molecular weight is 414 g/mol. The van der Waals surface area contributed by atoms with Crippen molar-refractivity contribution in [1.29, 1.82) is 0 Å². The quantitative estimate of drug-likeness (QED) is 0.549. The first kappa shape index (κ1) is 17.2. The lowest BCUT2D eigenvalue weighted by molar-refractivity contribution is 0.103. The highest BCUT2D eigenvalue weighted by Gasteiger charge is 2.34. The molecule has 0 saturated heterocycles. The number of carbonyl (C=O) groups excluding carboxylic acids is 1. The van der Waals surface area contributed by atoms with Crippen LogP contribution in [0.5, 0.6) is 0 Å². The van der Waals surface area contributed by atoms with Crippen molar-refractivity contribution in [1.82, 2.24) is 14.8 Å². The van der Waals surface area contributed by atoms with Crippen molar-refractivity contribution in [2.75, 3.05) is 0 Å². The van der Waals surface area contributed by atoms with Crippen molar-refractivity contribution in [3.05, 3.63) is 57.0 Å². The molecule has 5 nitrogen and oxygen atoms in total. The molecule has 0 amide bonds. The van der Waals surface area contributed by atoms with E-state index in [4.69, 9.17) is 4.42 Å². The van der Waals surface area contributed by atoms with Crippen molar-refractivity contribution in [2.45, 2.75) is 46.1 Å². The number of nitrogens with zero attached hydrogens (tertiary/aromatic N) is 3. The van der Waals surface area contributed by atoms with Crippen LogP contribution in [0.1, 0.15) is 58.9 Å². The molecule has 1 fully saturated rings. The minimum atomic E-state index is 0.0252. The molecule has 0 atom stereocenters. The molecule has 0 spiro atoms. The minimum absolute atomic E-state index is 0.0252. The van der Waals surface area contributed by atoms with Crippen molar-refractivity contribution in [3.8, 4) is 11.6 Å². The number of aryl methyl sites for hydroxylation is 1. The van der Waals surface area contributed by atoms with Crippen LogP contribution >= 0.6 is 15.9 Å². The Kier molecular flexibility index (Phi) is 4.31. The third kappa shape index (κ3) is 2.82. The lowest BCUT2D eigenvalue weighted by Gasteiger charge is -2.08. The number of benzene rings is 1. The predicted octanol–water partition coefficient (Wildman–Crippen LogP) is 5.05. The number of hydrogen-bond acceptors (Lipinski definition) is 4. The van der Waals surface area contributed by atoms with Crippen molar-refractivity contribution < 1.29 is 9.21 Å². The van der Waals surface area contributed by atoms with Crippen LogP contribution < -0.4 is 0 Å². The molecule has 1 aliphatic carbocycles. The highest BCUT2D eigenvalue weighted by molar-refractivity contribution is 9.10. The maximum atomic E-state index is 13.2. The number of rotatable bonds is 5. The van der Waals surface area contributed by atoms with Gasteiger partial charge in [-0.3, -0.25) is 4.79 Å². The minimum Gasteiger partial charge on any atom is -0.419 e. The molecule has 0 aliphatic heterocycles. The molecule has 4 rings (SSSR count). The Bertz CT molecular complexity index is 999. The number of hydrogen-bond donors (Lipinski definition) is 0. The van der Waals surface area contributed by atoms with Gasteiger partial charge in [0.2, 0.25) is 5.89 Å². The zero-order valence-electron chi connectivity index (χ0n) is 15.0. The van der Waals surface area contributed by atoms with Gasteiger partial charge in [-0.15, -0.1) is 10.2 Å². The molecule has 2 heterocycles. The Morgan fingerprint density at radius 1 is 1.31 bits per heavy atom. The van der Waals surface area contributed by atoms with Gasteiger partial charge in [-0.2, -0.15) is 0 Å². The fourth-order valence-corrected chi connectivity index (χ4v) is 3.91. The van der Waals surface area contributed by atoms with Gasteiger partial charge in [-0.25, -0.2) is 0 Å². The molecule has 0 radical (unpaired) electrons. The number of ketones is 1. The fourth-order valence-electron chi connectivity index (χ4n) is 3.51. The summed E-state index contributed by atoms with van der Waals surface area (Å²) in [5.74, 6) is 1.14. The zero-order valence-corrected chi connectivity index (χ0v) is 16.6. The fraction of sp³-hybridized carbons (Fsp3) is 0.350. The van der Waals surface area contributed by atoms with E-state index in [1.54, 1.807) is 0 Å². The number of halogens is 1. The summed E-state index contributed by atoms with van der Waals surface area (Å²) in [7, 11) is 0. The Labute approximate surface area is 160 Å². The maximum Gasteiger partial charge on any atom is 0.264 e. The van der Waals surface area contributed by atoms with Crippen molar-refractivity contribution >= 4 is 21.7 Å². The van der Waals surface area contributed by atoms with Crippen LogP contribution in [0, 0.1) is 13.8 Å². The third-order valence-corrected chi connectivity index (χ3v) is 5.39. The summed E-state index contributed by atoms with van der Waals surface area (Å²) < 4.78 is 8.94. The highest BCUT2D eigenvalue weighted by atomic mass is 79.9. The smallest absolute Gasteiger partial charge is 0.264 e. The molecule has 2 aromatic heterocycles. The summed E-state index contributed by atoms with van der Waals surface area (Å²) in [6.45, 7) is 5.97. The van der Waals surface area contributed by atoms with Gasteiger partial charge in [-0.05, 0) is 44.4 Å². The van der Waals surface area contributed by atoms with Crippen LogP contribution in [0.2, 0.25) is 0 Å². The lowest BCUT2D eigenvalue weighted by atomic mass is 10.00. The van der Waals surface area contributed by atoms with E-state index in [0.29, 0.717) is 29.8 Å². The van der Waals surface area contributed by atoms with E-state index < -0.39 is 0 Å². The van der Waals surface area contributed by atoms with E-state index in [-0.39, 0.29) is 5.78 Å². The maximum absolute atomic E-state index is 13.2. The average Bonchev–Trinajstić information content (AvgIpc) is 3.28. The molecule has 1 saturated carbocycles. The first-order chi connectivity index (χ1) is 12.5. The third-order valence-electron chi connectivity index (χ3n) is 4.89. The van der Waals surface area contributed by atoms with Crippen LogP contribution in [-0.2, 0) is 6.42 Å². The Balaban J connectivity index is 1.88. The number of aromatic nitrogens is 3. The van der Waals surface area contributed by atoms with Crippen LogP contribution in [0.4, 0.5) is 0 Å². The molecule has 0 unspecified atom stereocenters. The van der Waals surface area contributed by atoms with E-state index >= 15 is 0 Å². The van der Waals surface area contributed by atoms with E-state index in [1.807, 2.05) is 45.0 Å². The molecular formula is C20H20BrN3O2. The van der Waals surface area contributed by atoms with Crippen LogP contribution in [0.15, 0.2) is 33.2 Å². The normalized spacial score (nSPS) is 14.0. The first-order valence-corrected chi connectivity index (χ1v) is 9.65. The van der Waals surface area contributed by atoms with Crippen molar-refractivity contribution in [3.63, 3.8) is 0 Å². The van der Waals surface area contributed by atoms with Gasteiger partial charge < -0.3 is 8.98 Å². The molecular weight excluding hydrogens is 394 g/mol. The van der Waals surface area contributed by atoms with Gasteiger partial charge in [0.25, 0.3) is 5.89 Å². The molecule has 1 aromatic carbocycles. The van der Waals surface area contributed by atoms with Gasteiger partial charge in [0.05, 0.1) is 0 Å². The molecule has 3 aromatic rings. The van der Waals surface area contributed by atoms with Gasteiger partial charge >= 0.3 is 0 Å². The highest BCUT2D eigenvalue weighted by Crippen LogP contribution is 2.43. The summed E-state index contributed by atoms with van der Waals surface area (Å²) in [4.78, 5) is 13.2. The summed E-state index contributed by atoms with van der Waals surface area (Å²) in [5.41, 5.74) is 4.17. The van der Waals surface area contributed by atoms with Crippen LogP contribution in [0.3, 0.4) is 0 Å². The molecule has 134 valence electrons. The zero-order chi connectivity index (χ0) is 18.4. The molecule has 1 aliphatic rings. The topological polar surface area (TPSA) is 60.9 Å². The van der Waals surface area contributed by atoms with E-state index in [2.05, 4.69) is 30.7 Å². The molecule has 6 heteroatoms. The van der Waals surface area contributed by atoms with Gasteiger partial charge in [0.1, 0.15) is 5.69 Å². The van der Waals surface area contributed by atoms with Crippen LogP contribution in [0.25, 0.3) is 11.6 Å². The summed E-state index contributed by atoms with van der Waals surface area (Å²) >= 11 is 3.45. The standard InChI is InChI=1S/C20H20BrN3O2/c1-4-16-22-23-20(26-16)18-11(2)17(12(3)24(18)15-8-9-15)19(25)13-6-5-7-14(21)10-13/h5-7,10,15H,4,8-9H2,1-3H3. The van der Waals surface area contributed by atoms with E-state index in [0.717, 1.165) is 39.8 Å². The summed E-state index contributed by atoms with van der Waals surface area (Å²) in [5, 5.41) is 8.34. The summed E-state index contributed by atoms with van der Waals surface area (Å²) in [6, 6.07) is 7.91. The Morgan fingerprint density at radius 2 is 2.08 bits per heavy atom. The first-order valence-electron chi connectivity index (χ1n) is 8.85. The van der Waals surface area contributed by atoms with E-state index in [1.165, 1.54) is 0 Å². The van der Waals surface area contributed by atoms with Gasteiger partial charge in [-0.1, -0.05) is 35.0 Å². The predicted molar refractivity (Wildman–Crippen MR) is 102 cm³/mol. The molecule has 26 heavy (non-hydrogen) atoms. The Morgan fingerprint density at radius 3 is 2.69 bits per heavy atom. The number of carbonyl (C=O) groups is 1. The van der Waals surface area contributed by atoms with Crippen LogP contribution in [-0.4, -0.2) is 20.5 Å². The summed E-state index contributed by atoms with van der Waals surface area (Å²) in [6.07, 6.45) is 2.92. The lowest BCUT2D eigenvalue weighted by Crippen LogP contribution is -2.05. The van der Waals surface area contributed by atoms with E-state index in [9.17, 15) is 4.79 Å².